The molecule has 0 aromatic carbocycles. The lowest BCUT2D eigenvalue weighted by molar-refractivity contribution is 1.16. The number of rotatable bonds is 1. The Morgan fingerprint density at radius 1 is 1.38 bits per heavy atom. The molecule has 16 heavy (non-hydrogen) atoms. The Hall–Kier alpha value is -1.20. The maximum atomic E-state index is 4.57. The van der Waals surface area contributed by atoms with Gasteiger partial charge < -0.3 is 4.40 Å². The van der Waals surface area contributed by atoms with Crippen LogP contribution in [0.5, 0.6) is 0 Å². The number of halogens is 1. The summed E-state index contributed by atoms with van der Waals surface area (Å²) in [5, 5.41) is 0. The Morgan fingerprint density at radius 2 is 2.25 bits per heavy atom. The first-order valence-corrected chi connectivity index (χ1v) is 6.45. The van der Waals surface area contributed by atoms with Crippen LogP contribution in [-0.2, 0) is 0 Å². The van der Waals surface area contributed by atoms with E-state index in [9.17, 15) is 0 Å². The van der Waals surface area contributed by atoms with E-state index in [0.717, 1.165) is 20.7 Å². The summed E-state index contributed by atoms with van der Waals surface area (Å²) in [6.07, 6.45) is 5.89. The van der Waals surface area contributed by atoms with Gasteiger partial charge in [-0.2, -0.15) is 0 Å². The molecule has 3 rings (SSSR count). The summed E-state index contributed by atoms with van der Waals surface area (Å²) in [7, 11) is 0. The number of fused-ring (bicyclic) bond motifs is 1. The van der Waals surface area contributed by atoms with Gasteiger partial charge in [-0.3, -0.25) is 4.98 Å². The highest BCUT2D eigenvalue weighted by Gasteiger charge is 2.07. The molecule has 0 saturated carbocycles. The molecule has 3 aromatic heterocycles. The van der Waals surface area contributed by atoms with Crippen molar-refractivity contribution in [1.29, 1.82) is 0 Å². The fourth-order valence-corrected chi connectivity index (χ4v) is 2.48. The molecule has 0 saturated heterocycles. The summed E-state index contributed by atoms with van der Waals surface area (Å²) in [4.78, 5) is 9.73. The van der Waals surface area contributed by atoms with Crippen molar-refractivity contribution in [3.63, 3.8) is 0 Å². The quantitative estimate of drug-likeness (QED) is 0.687. The lowest BCUT2D eigenvalue weighted by atomic mass is 10.3. The van der Waals surface area contributed by atoms with E-state index in [-0.39, 0.29) is 0 Å². The highest BCUT2D eigenvalue weighted by Crippen LogP contribution is 2.24. The normalized spacial score (nSPS) is 11.1. The SMILES string of the molecule is Cc1cc2nc(-c3cncs3)cn2cc1Br. The number of aromatic nitrogens is 3. The lowest BCUT2D eigenvalue weighted by Crippen LogP contribution is -1.85. The van der Waals surface area contributed by atoms with Crippen LogP contribution in [0.2, 0.25) is 0 Å². The van der Waals surface area contributed by atoms with Gasteiger partial charge in [-0.1, -0.05) is 0 Å². The number of pyridine rings is 1. The first-order chi connectivity index (χ1) is 7.74. The minimum atomic E-state index is 0.962. The van der Waals surface area contributed by atoms with E-state index in [1.165, 1.54) is 5.56 Å². The molecule has 0 atom stereocenters. The number of hydrogen-bond donors (Lipinski definition) is 0. The average Bonchev–Trinajstić information content (AvgIpc) is 2.86. The molecule has 3 nitrogen and oxygen atoms in total. The van der Waals surface area contributed by atoms with Gasteiger partial charge in [0.05, 0.1) is 10.4 Å². The Kier molecular flexibility index (Phi) is 2.29. The second kappa shape index (κ2) is 3.68. The summed E-state index contributed by atoms with van der Waals surface area (Å²) >= 11 is 5.12. The van der Waals surface area contributed by atoms with Gasteiger partial charge in [0.15, 0.2) is 0 Å². The smallest absolute Gasteiger partial charge is 0.137 e. The Bertz CT molecular complexity index is 604. The number of imidazole rings is 1. The number of nitrogens with zero attached hydrogens (tertiary/aromatic N) is 3. The van der Waals surface area contributed by atoms with Gasteiger partial charge in [-0.15, -0.1) is 11.3 Å². The van der Waals surface area contributed by atoms with Crippen LogP contribution in [-0.4, -0.2) is 14.4 Å². The van der Waals surface area contributed by atoms with Crippen LogP contribution in [0.3, 0.4) is 0 Å². The van der Waals surface area contributed by atoms with Crippen molar-refractivity contribution in [3.05, 3.63) is 40.2 Å². The Morgan fingerprint density at radius 3 is 3.00 bits per heavy atom. The number of aryl methyl sites for hydroxylation is 1. The van der Waals surface area contributed by atoms with Gasteiger partial charge in [0.2, 0.25) is 0 Å². The van der Waals surface area contributed by atoms with Crippen molar-refractivity contribution in [2.24, 2.45) is 0 Å². The topological polar surface area (TPSA) is 30.2 Å². The van der Waals surface area contributed by atoms with Gasteiger partial charge >= 0.3 is 0 Å². The molecular formula is C11H8BrN3S. The second-order valence-corrected chi connectivity index (χ2v) is 5.30. The van der Waals surface area contributed by atoms with Gasteiger partial charge in [-0.25, -0.2) is 4.98 Å². The van der Waals surface area contributed by atoms with Crippen LogP contribution >= 0.6 is 27.3 Å². The molecule has 3 aromatic rings. The fraction of sp³-hybridized carbons (Fsp3) is 0.0909. The summed E-state index contributed by atoms with van der Waals surface area (Å²) in [6.45, 7) is 2.06. The van der Waals surface area contributed by atoms with Crippen LogP contribution in [0.25, 0.3) is 16.2 Å². The van der Waals surface area contributed by atoms with Crippen molar-refractivity contribution >= 4 is 32.9 Å². The zero-order valence-electron chi connectivity index (χ0n) is 8.51. The third kappa shape index (κ3) is 1.56. The van der Waals surface area contributed by atoms with Gasteiger partial charge in [0.1, 0.15) is 11.3 Å². The van der Waals surface area contributed by atoms with Crippen LogP contribution in [0.15, 0.2) is 34.6 Å². The molecule has 0 amide bonds. The Balaban J connectivity index is 2.23. The Labute approximate surface area is 105 Å². The summed E-state index contributed by atoms with van der Waals surface area (Å²) in [5.74, 6) is 0. The molecular weight excluding hydrogens is 286 g/mol. The fourth-order valence-electron chi connectivity index (χ4n) is 1.57. The molecule has 0 radical (unpaired) electrons. The second-order valence-electron chi connectivity index (χ2n) is 3.56. The average molecular weight is 294 g/mol. The largest absolute Gasteiger partial charge is 0.305 e. The predicted molar refractivity (Wildman–Crippen MR) is 68.7 cm³/mol. The highest BCUT2D eigenvalue weighted by atomic mass is 79.9. The molecule has 0 aliphatic heterocycles. The minimum absolute atomic E-state index is 0.962. The van der Waals surface area contributed by atoms with Crippen LogP contribution < -0.4 is 0 Å². The molecule has 0 spiro atoms. The minimum Gasteiger partial charge on any atom is -0.305 e. The summed E-state index contributed by atoms with van der Waals surface area (Å²) in [6, 6.07) is 2.06. The molecule has 0 aliphatic carbocycles. The van der Waals surface area contributed by atoms with Crippen LogP contribution in [0.1, 0.15) is 5.56 Å². The van der Waals surface area contributed by atoms with E-state index in [0.29, 0.717) is 0 Å². The first-order valence-electron chi connectivity index (χ1n) is 4.78. The molecule has 0 aliphatic rings. The molecule has 0 bridgehead atoms. The predicted octanol–water partition coefficient (Wildman–Crippen LogP) is 3.53. The molecule has 0 fully saturated rings. The van der Waals surface area contributed by atoms with E-state index in [2.05, 4.69) is 38.9 Å². The number of thiazole rings is 1. The lowest BCUT2D eigenvalue weighted by Gasteiger charge is -1.98. The first kappa shape index (κ1) is 9.99. The van der Waals surface area contributed by atoms with E-state index < -0.39 is 0 Å². The van der Waals surface area contributed by atoms with E-state index in [1.54, 1.807) is 11.3 Å². The molecule has 80 valence electrons. The van der Waals surface area contributed by atoms with Crippen molar-refractivity contribution in [2.75, 3.05) is 0 Å². The monoisotopic (exact) mass is 293 g/mol. The zero-order chi connectivity index (χ0) is 11.1. The van der Waals surface area contributed by atoms with Crippen molar-refractivity contribution in [2.45, 2.75) is 6.92 Å². The third-order valence-electron chi connectivity index (χ3n) is 2.42. The summed E-state index contributed by atoms with van der Waals surface area (Å²) < 4.78 is 3.11. The third-order valence-corrected chi connectivity index (χ3v) is 4.05. The molecule has 5 heteroatoms. The van der Waals surface area contributed by atoms with Crippen molar-refractivity contribution in [1.82, 2.24) is 14.4 Å². The van der Waals surface area contributed by atoms with Crippen molar-refractivity contribution < 1.29 is 0 Å². The molecule has 3 heterocycles. The zero-order valence-corrected chi connectivity index (χ0v) is 10.9. The maximum Gasteiger partial charge on any atom is 0.137 e. The molecule has 0 unspecified atom stereocenters. The number of hydrogen-bond acceptors (Lipinski definition) is 3. The van der Waals surface area contributed by atoms with E-state index in [4.69, 9.17) is 0 Å². The van der Waals surface area contributed by atoms with Gasteiger partial charge in [-0.05, 0) is 34.5 Å². The maximum absolute atomic E-state index is 4.57. The van der Waals surface area contributed by atoms with E-state index in [1.807, 2.05) is 28.5 Å². The highest BCUT2D eigenvalue weighted by molar-refractivity contribution is 9.10. The van der Waals surface area contributed by atoms with Gasteiger partial charge in [0, 0.05) is 23.1 Å². The molecule has 0 N–H and O–H groups in total. The standard InChI is InChI=1S/C11H8BrN3S/c1-7-2-11-14-9(10-3-13-6-16-10)5-15(11)4-8(7)12/h2-6H,1H3. The summed E-state index contributed by atoms with van der Waals surface area (Å²) in [5.41, 5.74) is 4.94. The van der Waals surface area contributed by atoms with E-state index >= 15 is 0 Å². The van der Waals surface area contributed by atoms with Gasteiger partial charge in [0.25, 0.3) is 0 Å². The van der Waals surface area contributed by atoms with Crippen LogP contribution in [0.4, 0.5) is 0 Å². The van der Waals surface area contributed by atoms with Crippen molar-refractivity contribution in [3.8, 4) is 10.6 Å². The van der Waals surface area contributed by atoms with Crippen LogP contribution in [0, 0.1) is 6.92 Å².